The van der Waals surface area contributed by atoms with Gasteiger partial charge in [0.2, 0.25) is 11.8 Å². The van der Waals surface area contributed by atoms with E-state index in [0.717, 1.165) is 22.4 Å². The number of ether oxygens (including phenoxy) is 4. The molecule has 0 spiro atoms. The summed E-state index contributed by atoms with van der Waals surface area (Å²) in [5.41, 5.74) is 4.68. The molecule has 1 atom stereocenters. The molecule has 10 nitrogen and oxygen atoms in total. The highest BCUT2D eigenvalue weighted by atomic mass is 32.2. The third-order valence-corrected chi connectivity index (χ3v) is 8.25. The van der Waals surface area contributed by atoms with Crippen LogP contribution in [0.4, 0.5) is 15.9 Å². The number of likely N-dealkylation sites (tertiary alicyclic amines) is 1. The van der Waals surface area contributed by atoms with Crippen molar-refractivity contribution in [3.63, 3.8) is 0 Å². The van der Waals surface area contributed by atoms with E-state index in [-0.39, 0.29) is 29.3 Å². The van der Waals surface area contributed by atoms with Gasteiger partial charge in [0, 0.05) is 42.5 Å². The van der Waals surface area contributed by atoms with Crippen molar-refractivity contribution in [2.75, 3.05) is 58.8 Å². The lowest BCUT2D eigenvalue weighted by molar-refractivity contribution is -0.136. The van der Waals surface area contributed by atoms with E-state index < -0.39 is 0 Å². The largest absolute Gasteiger partial charge is 0.493 e. The molecule has 1 N–H and O–H groups in total. The molecule has 1 fully saturated rings. The van der Waals surface area contributed by atoms with E-state index in [1.165, 1.54) is 35.8 Å². The molecule has 3 aromatic rings. The Kier molecular flexibility index (Phi) is 9.11. The summed E-state index contributed by atoms with van der Waals surface area (Å²) in [6, 6.07) is 10.2. The van der Waals surface area contributed by atoms with Gasteiger partial charge in [0.15, 0.2) is 17.3 Å². The number of imide groups is 1. The smallest absolute Gasteiger partial charge is 0.242 e. The lowest BCUT2D eigenvalue weighted by atomic mass is 10.1. The standard InChI is InChI=1S/C29H33FN4O6S/c1-33-26(35)17-25(29(33)36)41-12-11-40-10-9-39-8-7-34-27-21-16-24(38-3)23(37-2)14-18(21)13-22(27)28(32-34)31-20-6-4-5-19(30)15-20/h4-6,14-16,25H,7-13,17H2,1-3H3,(H,31,32). The van der Waals surface area contributed by atoms with E-state index in [1.54, 1.807) is 26.4 Å². The predicted molar refractivity (Wildman–Crippen MR) is 154 cm³/mol. The molecule has 2 aliphatic rings. The monoisotopic (exact) mass is 584 g/mol. The summed E-state index contributed by atoms with van der Waals surface area (Å²) >= 11 is 1.45. The van der Waals surface area contributed by atoms with E-state index >= 15 is 0 Å². The molecule has 12 heteroatoms. The molecule has 1 aliphatic carbocycles. The third kappa shape index (κ3) is 6.34. The molecular weight excluding hydrogens is 551 g/mol. The second kappa shape index (κ2) is 12.9. The van der Waals surface area contributed by atoms with Crippen molar-refractivity contribution in [1.82, 2.24) is 14.7 Å². The number of methoxy groups -OCH3 is 2. The summed E-state index contributed by atoms with van der Waals surface area (Å²) in [4.78, 5) is 24.8. The minimum Gasteiger partial charge on any atom is -0.493 e. The maximum atomic E-state index is 13.8. The summed E-state index contributed by atoms with van der Waals surface area (Å²) < 4.78 is 38.2. The molecule has 0 saturated carbocycles. The van der Waals surface area contributed by atoms with Crippen LogP contribution in [0.25, 0.3) is 11.3 Å². The van der Waals surface area contributed by atoms with Crippen molar-refractivity contribution in [2.24, 2.45) is 0 Å². The highest BCUT2D eigenvalue weighted by Crippen LogP contribution is 2.45. The predicted octanol–water partition coefficient (Wildman–Crippen LogP) is 3.88. The van der Waals surface area contributed by atoms with Gasteiger partial charge in [-0.1, -0.05) is 6.07 Å². The Morgan fingerprint density at radius 2 is 1.80 bits per heavy atom. The summed E-state index contributed by atoms with van der Waals surface area (Å²) in [6.45, 7) is 2.22. The van der Waals surface area contributed by atoms with Crippen LogP contribution in [-0.2, 0) is 32.0 Å². The summed E-state index contributed by atoms with van der Waals surface area (Å²) in [5, 5.41) is 7.77. The van der Waals surface area contributed by atoms with Crippen LogP contribution in [0.5, 0.6) is 11.5 Å². The quantitative estimate of drug-likeness (QED) is 0.175. The highest BCUT2D eigenvalue weighted by molar-refractivity contribution is 8.00. The number of anilines is 2. The number of benzene rings is 2. The Balaban J connectivity index is 1.17. The van der Waals surface area contributed by atoms with Gasteiger partial charge in [-0.2, -0.15) is 5.10 Å². The van der Waals surface area contributed by atoms with Crippen LogP contribution in [-0.4, -0.2) is 85.2 Å². The number of nitrogens with one attached hydrogen (secondary N) is 1. The van der Waals surface area contributed by atoms with Crippen LogP contribution >= 0.6 is 11.8 Å². The average Bonchev–Trinajstić information content (AvgIpc) is 3.58. The van der Waals surface area contributed by atoms with Crippen LogP contribution in [0.1, 0.15) is 17.5 Å². The fourth-order valence-electron chi connectivity index (χ4n) is 4.99. The molecular formula is C29H33FN4O6S. The molecule has 1 unspecified atom stereocenters. The van der Waals surface area contributed by atoms with Crippen LogP contribution in [0.2, 0.25) is 0 Å². The Morgan fingerprint density at radius 3 is 2.51 bits per heavy atom. The summed E-state index contributed by atoms with van der Waals surface area (Å²) in [5.74, 6) is 1.99. The Morgan fingerprint density at radius 1 is 1.05 bits per heavy atom. The van der Waals surface area contributed by atoms with E-state index in [2.05, 4.69) is 5.32 Å². The minimum atomic E-state index is -0.326. The van der Waals surface area contributed by atoms with Gasteiger partial charge < -0.3 is 24.3 Å². The normalized spacial score (nSPS) is 15.8. The number of hydrogen-bond acceptors (Lipinski definition) is 9. The van der Waals surface area contributed by atoms with Gasteiger partial charge in [-0.15, -0.1) is 11.8 Å². The maximum Gasteiger partial charge on any atom is 0.242 e. The number of amides is 2. The van der Waals surface area contributed by atoms with E-state index in [0.29, 0.717) is 68.2 Å². The third-order valence-electron chi connectivity index (χ3n) is 7.08. The summed E-state index contributed by atoms with van der Waals surface area (Å²) in [7, 11) is 4.74. The number of carbonyl (C=O) groups excluding carboxylic acids is 2. The fourth-order valence-corrected chi connectivity index (χ4v) is 6.05. The SMILES string of the molecule is COc1cc2c(cc1OC)-c1c(c(Nc3cccc(F)c3)nn1CCOCCOCCSC1CC(=O)N(C)C1=O)C2. The van der Waals surface area contributed by atoms with Crippen molar-refractivity contribution < 1.29 is 32.9 Å². The maximum absolute atomic E-state index is 13.8. The molecule has 0 radical (unpaired) electrons. The van der Waals surface area contributed by atoms with Gasteiger partial charge in [0.05, 0.1) is 58.1 Å². The lowest BCUT2D eigenvalue weighted by Gasteiger charge is -2.12. The second-order valence-corrected chi connectivity index (χ2v) is 11.0. The van der Waals surface area contributed by atoms with Gasteiger partial charge in [-0.25, -0.2) is 4.39 Å². The number of halogens is 1. The zero-order valence-electron chi connectivity index (χ0n) is 23.3. The first-order valence-electron chi connectivity index (χ1n) is 13.3. The van der Waals surface area contributed by atoms with E-state index in [1.807, 2.05) is 16.8 Å². The zero-order valence-corrected chi connectivity index (χ0v) is 24.1. The first kappa shape index (κ1) is 28.9. The summed E-state index contributed by atoms with van der Waals surface area (Å²) in [6.07, 6.45) is 0.900. The molecule has 1 saturated heterocycles. The number of aromatic nitrogens is 2. The number of hydrogen-bond donors (Lipinski definition) is 1. The van der Waals surface area contributed by atoms with Crippen LogP contribution in [0, 0.1) is 5.82 Å². The zero-order chi connectivity index (χ0) is 28.9. The fraction of sp³-hybridized carbons (Fsp3) is 0.414. The number of fused-ring (bicyclic) bond motifs is 3. The van der Waals surface area contributed by atoms with Gasteiger partial charge in [-0.05, 0) is 35.9 Å². The van der Waals surface area contributed by atoms with Crippen LogP contribution < -0.4 is 14.8 Å². The Labute approximate surface area is 242 Å². The van der Waals surface area contributed by atoms with Gasteiger partial charge >= 0.3 is 0 Å². The van der Waals surface area contributed by atoms with E-state index in [4.69, 9.17) is 24.0 Å². The van der Waals surface area contributed by atoms with Crippen molar-refractivity contribution in [3.05, 3.63) is 53.3 Å². The van der Waals surface area contributed by atoms with Crippen molar-refractivity contribution in [1.29, 1.82) is 0 Å². The molecule has 1 aromatic heterocycles. The van der Waals surface area contributed by atoms with Gasteiger partial charge in [0.1, 0.15) is 5.82 Å². The molecule has 218 valence electrons. The van der Waals surface area contributed by atoms with Crippen LogP contribution in [0.15, 0.2) is 36.4 Å². The van der Waals surface area contributed by atoms with E-state index in [9.17, 15) is 14.0 Å². The van der Waals surface area contributed by atoms with Crippen molar-refractivity contribution in [3.8, 4) is 22.8 Å². The molecule has 2 heterocycles. The minimum absolute atomic E-state index is 0.135. The first-order chi connectivity index (χ1) is 19.9. The molecule has 41 heavy (non-hydrogen) atoms. The molecule has 2 amide bonds. The first-order valence-corrected chi connectivity index (χ1v) is 14.4. The number of rotatable bonds is 14. The number of nitrogens with zero attached hydrogens (tertiary/aromatic N) is 3. The van der Waals surface area contributed by atoms with Gasteiger partial charge in [-0.3, -0.25) is 19.2 Å². The van der Waals surface area contributed by atoms with Gasteiger partial charge in [0.25, 0.3) is 0 Å². The molecule has 1 aliphatic heterocycles. The highest BCUT2D eigenvalue weighted by Gasteiger charge is 2.36. The molecule has 5 rings (SSSR count). The Hall–Kier alpha value is -3.61. The Bertz CT molecular complexity index is 1430. The molecule has 2 aromatic carbocycles. The molecule has 0 bridgehead atoms. The topological polar surface area (TPSA) is 104 Å². The average molecular weight is 585 g/mol. The number of thioether (sulfide) groups is 1. The van der Waals surface area contributed by atoms with Crippen molar-refractivity contribution in [2.45, 2.75) is 24.6 Å². The second-order valence-electron chi connectivity index (χ2n) is 9.65. The number of carbonyl (C=O) groups is 2. The van der Waals surface area contributed by atoms with Crippen molar-refractivity contribution >= 4 is 35.1 Å². The lowest BCUT2D eigenvalue weighted by Crippen LogP contribution is -2.26. The van der Waals surface area contributed by atoms with Crippen LogP contribution in [0.3, 0.4) is 0 Å².